The maximum absolute atomic E-state index is 13.1. The van der Waals surface area contributed by atoms with Gasteiger partial charge in [0.1, 0.15) is 11.6 Å². The Bertz CT molecular complexity index is 359. The third-order valence-electron chi connectivity index (χ3n) is 1.59. The van der Waals surface area contributed by atoms with E-state index >= 15 is 0 Å². The van der Waals surface area contributed by atoms with Crippen molar-refractivity contribution in [3.63, 3.8) is 0 Å². The Hall–Kier alpha value is -1.27. The first-order valence-corrected chi connectivity index (χ1v) is 3.95. The molecule has 1 aromatic carbocycles. The second kappa shape index (κ2) is 4.11. The topological polar surface area (TPSA) is 33.0 Å². The van der Waals surface area contributed by atoms with Gasteiger partial charge in [-0.15, -0.1) is 0 Å². The molecule has 0 aliphatic rings. The van der Waals surface area contributed by atoms with E-state index in [9.17, 15) is 4.39 Å². The first-order valence-electron chi connectivity index (χ1n) is 3.58. The Balaban J connectivity index is 3.14. The van der Waals surface area contributed by atoms with Gasteiger partial charge in [0.05, 0.1) is 24.6 Å². The smallest absolute Gasteiger partial charge is 0.140 e. The first kappa shape index (κ1) is 9.82. The number of ether oxygens (including phenoxy) is 1. The van der Waals surface area contributed by atoms with Crippen molar-refractivity contribution in [2.75, 3.05) is 7.11 Å². The fourth-order valence-electron chi connectivity index (χ4n) is 0.947. The lowest BCUT2D eigenvalue weighted by molar-refractivity contribution is 0.411. The van der Waals surface area contributed by atoms with Crippen LogP contribution in [0.1, 0.15) is 5.56 Å². The largest absolute Gasteiger partial charge is 0.495 e. The molecule has 0 unspecified atom stereocenters. The van der Waals surface area contributed by atoms with Crippen LogP contribution >= 0.6 is 11.6 Å². The van der Waals surface area contributed by atoms with E-state index in [4.69, 9.17) is 21.6 Å². The molecule has 1 aromatic rings. The summed E-state index contributed by atoms with van der Waals surface area (Å²) in [6.07, 6.45) is 0.00947. The van der Waals surface area contributed by atoms with Crippen LogP contribution in [0.4, 0.5) is 4.39 Å². The van der Waals surface area contributed by atoms with E-state index < -0.39 is 5.82 Å². The molecule has 0 saturated carbocycles. The fourth-order valence-corrected chi connectivity index (χ4v) is 1.21. The predicted octanol–water partition coefficient (Wildman–Crippen LogP) is 2.55. The highest BCUT2D eigenvalue weighted by molar-refractivity contribution is 6.32. The molecule has 0 heterocycles. The molecular weight excluding hydrogens is 193 g/mol. The fraction of sp³-hybridized carbons (Fsp3) is 0.222. The Kier molecular flexibility index (Phi) is 3.10. The molecule has 0 saturated heterocycles. The van der Waals surface area contributed by atoms with E-state index in [1.807, 2.05) is 6.07 Å². The van der Waals surface area contributed by atoms with Crippen LogP contribution in [0.5, 0.6) is 5.75 Å². The molecule has 0 aromatic heterocycles. The summed E-state index contributed by atoms with van der Waals surface area (Å²) in [4.78, 5) is 0. The molecule has 13 heavy (non-hydrogen) atoms. The molecule has 0 spiro atoms. The highest BCUT2D eigenvalue weighted by atomic mass is 35.5. The van der Waals surface area contributed by atoms with Crippen molar-refractivity contribution in [2.24, 2.45) is 0 Å². The number of methoxy groups -OCH3 is 1. The number of hydrogen-bond acceptors (Lipinski definition) is 2. The van der Waals surface area contributed by atoms with Crippen LogP contribution in [0.2, 0.25) is 5.02 Å². The molecule has 0 N–H and O–H groups in total. The molecule has 0 amide bonds. The van der Waals surface area contributed by atoms with Gasteiger partial charge in [-0.2, -0.15) is 5.26 Å². The molecule has 4 heteroatoms. The molecule has 2 nitrogen and oxygen atoms in total. The van der Waals surface area contributed by atoms with E-state index in [1.54, 1.807) is 0 Å². The summed E-state index contributed by atoms with van der Waals surface area (Å²) < 4.78 is 17.9. The highest BCUT2D eigenvalue weighted by Crippen LogP contribution is 2.27. The summed E-state index contributed by atoms with van der Waals surface area (Å²) in [5.41, 5.74) is 0.285. The third kappa shape index (κ3) is 2.10. The van der Waals surface area contributed by atoms with Gasteiger partial charge in [-0.05, 0) is 6.07 Å². The van der Waals surface area contributed by atoms with E-state index in [1.165, 1.54) is 19.2 Å². The molecule has 0 aliphatic heterocycles. The van der Waals surface area contributed by atoms with Crippen LogP contribution in [0.3, 0.4) is 0 Å². The average molecular weight is 200 g/mol. The van der Waals surface area contributed by atoms with Crippen molar-refractivity contribution in [3.8, 4) is 11.8 Å². The maximum Gasteiger partial charge on any atom is 0.140 e. The summed E-state index contributed by atoms with van der Waals surface area (Å²) in [7, 11) is 1.41. The van der Waals surface area contributed by atoms with Crippen molar-refractivity contribution >= 4 is 11.6 Å². The second-order valence-corrected chi connectivity index (χ2v) is 2.82. The lowest BCUT2D eigenvalue weighted by Gasteiger charge is -2.04. The van der Waals surface area contributed by atoms with Gasteiger partial charge < -0.3 is 4.74 Å². The Labute approximate surface area is 80.5 Å². The quantitative estimate of drug-likeness (QED) is 0.734. The van der Waals surface area contributed by atoms with Crippen molar-refractivity contribution < 1.29 is 9.13 Å². The molecule has 1 rings (SSSR count). The molecule has 0 bridgehead atoms. The van der Waals surface area contributed by atoms with E-state index in [0.717, 1.165) is 0 Å². The predicted molar refractivity (Wildman–Crippen MR) is 47.3 cm³/mol. The van der Waals surface area contributed by atoms with Gasteiger partial charge in [0, 0.05) is 11.6 Å². The molecule has 0 aliphatic carbocycles. The molecule has 0 radical (unpaired) electrons. The Morgan fingerprint density at radius 3 is 2.85 bits per heavy atom. The minimum Gasteiger partial charge on any atom is -0.495 e. The highest BCUT2D eigenvalue weighted by Gasteiger charge is 2.08. The van der Waals surface area contributed by atoms with Crippen LogP contribution in [0.25, 0.3) is 0 Å². The minimum absolute atomic E-state index is 0.00947. The summed E-state index contributed by atoms with van der Waals surface area (Å²) in [6, 6.07) is 4.43. The SMILES string of the molecule is COc1cc(F)c(CC#N)cc1Cl. The number of rotatable bonds is 2. The van der Waals surface area contributed by atoms with Gasteiger partial charge in [-0.25, -0.2) is 4.39 Å². The van der Waals surface area contributed by atoms with E-state index in [0.29, 0.717) is 5.02 Å². The lowest BCUT2D eigenvalue weighted by Crippen LogP contribution is -1.92. The molecule has 0 atom stereocenters. The monoisotopic (exact) mass is 199 g/mol. The van der Waals surface area contributed by atoms with Gasteiger partial charge >= 0.3 is 0 Å². The number of nitrogens with zero attached hydrogens (tertiary/aromatic N) is 1. The van der Waals surface area contributed by atoms with Gasteiger partial charge in [0.2, 0.25) is 0 Å². The number of nitriles is 1. The zero-order chi connectivity index (χ0) is 9.84. The number of benzene rings is 1. The standard InChI is InChI=1S/C9H7ClFNO/c1-13-9-5-8(11)6(2-3-12)4-7(9)10/h4-5H,2H2,1H3. The summed E-state index contributed by atoms with van der Waals surface area (Å²) in [6.45, 7) is 0. The molecule has 68 valence electrons. The third-order valence-corrected chi connectivity index (χ3v) is 1.89. The average Bonchev–Trinajstić information content (AvgIpc) is 2.11. The summed E-state index contributed by atoms with van der Waals surface area (Å²) >= 11 is 5.74. The molecule has 0 fully saturated rings. The Morgan fingerprint density at radius 1 is 1.62 bits per heavy atom. The Morgan fingerprint density at radius 2 is 2.31 bits per heavy atom. The van der Waals surface area contributed by atoms with Crippen molar-refractivity contribution in [2.45, 2.75) is 6.42 Å². The number of hydrogen-bond donors (Lipinski definition) is 0. The van der Waals surface area contributed by atoms with Crippen LogP contribution in [-0.2, 0) is 6.42 Å². The minimum atomic E-state index is -0.470. The van der Waals surface area contributed by atoms with Crippen molar-refractivity contribution in [3.05, 3.63) is 28.5 Å². The van der Waals surface area contributed by atoms with Gasteiger partial charge in [0.15, 0.2) is 0 Å². The van der Waals surface area contributed by atoms with Crippen molar-refractivity contribution in [1.29, 1.82) is 5.26 Å². The second-order valence-electron chi connectivity index (χ2n) is 2.41. The number of halogens is 2. The summed E-state index contributed by atoms with van der Waals surface area (Å²) in [5, 5.41) is 8.68. The van der Waals surface area contributed by atoms with Crippen LogP contribution in [-0.4, -0.2) is 7.11 Å². The maximum atomic E-state index is 13.1. The molecular formula is C9H7ClFNO. The van der Waals surface area contributed by atoms with E-state index in [-0.39, 0.29) is 17.7 Å². The van der Waals surface area contributed by atoms with Crippen molar-refractivity contribution in [1.82, 2.24) is 0 Å². The lowest BCUT2D eigenvalue weighted by atomic mass is 10.1. The zero-order valence-corrected chi connectivity index (χ0v) is 7.73. The van der Waals surface area contributed by atoms with E-state index in [2.05, 4.69) is 0 Å². The zero-order valence-electron chi connectivity index (χ0n) is 6.97. The normalized spacial score (nSPS) is 9.38. The van der Waals surface area contributed by atoms with Gasteiger partial charge in [-0.1, -0.05) is 11.6 Å². The first-order chi connectivity index (χ1) is 6.19. The van der Waals surface area contributed by atoms with Crippen LogP contribution in [0, 0.1) is 17.1 Å². The summed E-state index contributed by atoms with van der Waals surface area (Å²) in [5.74, 6) is -0.191. The van der Waals surface area contributed by atoms with Gasteiger partial charge in [0.25, 0.3) is 0 Å². The van der Waals surface area contributed by atoms with Crippen LogP contribution < -0.4 is 4.74 Å². The van der Waals surface area contributed by atoms with Gasteiger partial charge in [-0.3, -0.25) is 0 Å². The van der Waals surface area contributed by atoms with Crippen LogP contribution in [0.15, 0.2) is 12.1 Å².